The van der Waals surface area contributed by atoms with Crippen LogP contribution in [0.15, 0.2) is 53.4 Å². The highest BCUT2D eigenvalue weighted by Gasteiger charge is 2.20. The molecule has 1 aromatic heterocycles. The molecule has 31 heavy (non-hydrogen) atoms. The molecule has 0 aliphatic rings. The average Bonchev–Trinajstić information content (AvgIpc) is 3.08. The van der Waals surface area contributed by atoms with E-state index in [0.29, 0.717) is 17.9 Å². The maximum Gasteiger partial charge on any atom is 0.331 e. The van der Waals surface area contributed by atoms with E-state index in [1.807, 2.05) is 11.5 Å². The Balaban J connectivity index is 1.83. The van der Waals surface area contributed by atoms with E-state index in [1.54, 1.807) is 30.3 Å². The Labute approximate surface area is 180 Å². The third kappa shape index (κ3) is 5.00. The fourth-order valence-electron chi connectivity index (χ4n) is 3.07. The zero-order chi connectivity index (χ0) is 22.6. The second kappa shape index (κ2) is 9.40. The molecule has 0 saturated carbocycles. The lowest BCUT2D eigenvalue weighted by atomic mass is 10.2. The molecule has 164 valence electrons. The van der Waals surface area contributed by atoms with Crippen LogP contribution in [-0.2, 0) is 32.7 Å². The van der Waals surface area contributed by atoms with Crippen molar-refractivity contribution >= 4 is 33.1 Å². The van der Waals surface area contributed by atoms with Gasteiger partial charge in [-0.2, -0.15) is 0 Å². The number of rotatable bonds is 8. The molecule has 0 radical (unpaired) electrons. The summed E-state index contributed by atoms with van der Waals surface area (Å²) in [5.41, 5.74) is 1.55. The van der Waals surface area contributed by atoms with Crippen molar-refractivity contribution in [3.63, 3.8) is 0 Å². The lowest BCUT2D eigenvalue weighted by Crippen LogP contribution is -2.22. The number of hydrogen-bond acceptors (Lipinski definition) is 5. The summed E-state index contributed by atoms with van der Waals surface area (Å²) in [5.74, 6) is -0.558. The summed E-state index contributed by atoms with van der Waals surface area (Å²) in [5, 5.41) is 0. The van der Waals surface area contributed by atoms with Crippen LogP contribution in [0.1, 0.15) is 24.7 Å². The largest absolute Gasteiger partial charge is 0.454 e. The van der Waals surface area contributed by atoms with Gasteiger partial charge in [-0.05, 0) is 36.8 Å². The van der Waals surface area contributed by atoms with Crippen LogP contribution in [-0.4, -0.2) is 42.3 Å². The van der Waals surface area contributed by atoms with Gasteiger partial charge in [-0.1, -0.05) is 25.1 Å². The summed E-state index contributed by atoms with van der Waals surface area (Å²) in [6, 6.07) is 10.9. The molecule has 0 N–H and O–H groups in total. The molecule has 0 saturated heterocycles. The molecule has 0 atom stereocenters. The number of aryl methyl sites for hydroxylation is 1. The summed E-state index contributed by atoms with van der Waals surface area (Å²) in [6.45, 7) is 2.54. The number of carbonyl (C=O) groups is 1. The minimum Gasteiger partial charge on any atom is -0.454 e. The van der Waals surface area contributed by atoms with E-state index in [2.05, 4.69) is 4.98 Å². The average molecular weight is 446 g/mol. The van der Waals surface area contributed by atoms with Crippen LogP contribution in [0.4, 0.5) is 4.39 Å². The van der Waals surface area contributed by atoms with Crippen LogP contribution in [0.2, 0.25) is 0 Å². The summed E-state index contributed by atoms with van der Waals surface area (Å²) in [6.07, 6.45) is 3.33. The number of carbonyl (C=O) groups excluding carboxylic acids is 1. The topological polar surface area (TPSA) is 81.5 Å². The van der Waals surface area contributed by atoms with Crippen LogP contribution >= 0.6 is 0 Å². The van der Waals surface area contributed by atoms with Crippen molar-refractivity contribution < 1.29 is 22.3 Å². The minimum absolute atomic E-state index is 0.0924. The van der Waals surface area contributed by atoms with Crippen LogP contribution < -0.4 is 0 Å². The quantitative estimate of drug-likeness (QED) is 0.391. The smallest absolute Gasteiger partial charge is 0.331 e. The van der Waals surface area contributed by atoms with Gasteiger partial charge in [-0.25, -0.2) is 26.9 Å². The maximum atomic E-state index is 13.7. The van der Waals surface area contributed by atoms with Crippen LogP contribution in [0.3, 0.4) is 0 Å². The Bertz CT molecular complexity index is 1230. The molecular formula is C22H24FN3O4S. The van der Waals surface area contributed by atoms with E-state index in [9.17, 15) is 17.6 Å². The molecule has 3 rings (SSSR count). The number of ether oxygens (including phenoxy) is 1. The first-order chi connectivity index (χ1) is 14.7. The molecule has 7 nitrogen and oxygen atoms in total. The number of aromatic nitrogens is 2. The van der Waals surface area contributed by atoms with E-state index in [-0.39, 0.29) is 17.1 Å². The van der Waals surface area contributed by atoms with Crippen molar-refractivity contribution in [1.29, 1.82) is 0 Å². The Hall–Kier alpha value is -3.04. The second-order valence-corrected chi connectivity index (χ2v) is 9.23. The number of fused-ring (bicyclic) bond motifs is 1. The molecule has 0 amide bonds. The van der Waals surface area contributed by atoms with Gasteiger partial charge in [0.15, 0.2) is 0 Å². The SMILES string of the molecule is CCCn1c(COC(=O)/C=C/c2ccccc2F)nc2cc(S(=O)(=O)N(C)C)ccc21. The number of esters is 1. The summed E-state index contributed by atoms with van der Waals surface area (Å²) >= 11 is 0. The number of halogens is 1. The highest BCUT2D eigenvalue weighted by Crippen LogP contribution is 2.23. The molecular weight excluding hydrogens is 421 g/mol. The van der Waals surface area contributed by atoms with E-state index in [4.69, 9.17) is 4.74 Å². The van der Waals surface area contributed by atoms with Crippen molar-refractivity contribution in [1.82, 2.24) is 13.9 Å². The fraction of sp³-hybridized carbons (Fsp3) is 0.273. The molecule has 0 fully saturated rings. The Morgan fingerprint density at radius 3 is 2.65 bits per heavy atom. The van der Waals surface area contributed by atoms with Gasteiger partial charge in [0.25, 0.3) is 0 Å². The number of hydrogen-bond donors (Lipinski definition) is 0. The second-order valence-electron chi connectivity index (χ2n) is 7.08. The molecule has 2 aromatic carbocycles. The van der Waals surface area contributed by atoms with Crippen molar-refractivity contribution in [2.45, 2.75) is 31.4 Å². The normalized spacial score (nSPS) is 12.2. The molecule has 0 aliphatic carbocycles. The van der Waals surface area contributed by atoms with Gasteiger partial charge in [0, 0.05) is 32.3 Å². The molecule has 3 aromatic rings. The number of sulfonamides is 1. The van der Waals surface area contributed by atoms with Crippen molar-refractivity contribution in [2.24, 2.45) is 0 Å². The van der Waals surface area contributed by atoms with E-state index in [0.717, 1.165) is 22.3 Å². The molecule has 1 heterocycles. The van der Waals surface area contributed by atoms with Crippen molar-refractivity contribution in [3.8, 4) is 0 Å². The first-order valence-corrected chi connectivity index (χ1v) is 11.2. The van der Waals surface area contributed by atoms with Crippen LogP contribution in [0.5, 0.6) is 0 Å². The third-order valence-electron chi connectivity index (χ3n) is 4.67. The summed E-state index contributed by atoms with van der Waals surface area (Å²) in [4.78, 5) is 16.7. The first-order valence-electron chi connectivity index (χ1n) is 9.75. The molecule has 9 heteroatoms. The van der Waals surface area contributed by atoms with Crippen molar-refractivity contribution in [3.05, 3.63) is 65.7 Å². The molecule has 0 spiro atoms. The van der Waals surface area contributed by atoms with Gasteiger partial charge < -0.3 is 9.30 Å². The predicted octanol–water partition coefficient (Wildman–Crippen LogP) is 3.59. The summed E-state index contributed by atoms with van der Waals surface area (Å²) < 4.78 is 46.8. The lowest BCUT2D eigenvalue weighted by Gasteiger charge is -2.11. The number of benzene rings is 2. The molecule has 0 aliphatic heterocycles. The fourth-order valence-corrected chi connectivity index (χ4v) is 3.99. The van der Waals surface area contributed by atoms with Crippen LogP contribution in [0.25, 0.3) is 17.1 Å². The predicted molar refractivity (Wildman–Crippen MR) is 116 cm³/mol. The van der Waals surface area contributed by atoms with Crippen molar-refractivity contribution in [2.75, 3.05) is 14.1 Å². The molecule has 0 bridgehead atoms. The maximum absolute atomic E-state index is 13.7. The standard InChI is InChI=1S/C22H24FN3O4S/c1-4-13-26-20-11-10-17(31(28,29)25(2)3)14-19(20)24-21(26)15-30-22(27)12-9-16-7-5-6-8-18(16)23/h5-12,14H,4,13,15H2,1-3H3/b12-9+. The Morgan fingerprint density at radius 2 is 1.97 bits per heavy atom. The number of imidazole rings is 1. The Morgan fingerprint density at radius 1 is 1.23 bits per heavy atom. The monoisotopic (exact) mass is 445 g/mol. The third-order valence-corrected chi connectivity index (χ3v) is 6.48. The summed E-state index contributed by atoms with van der Waals surface area (Å²) in [7, 11) is -0.654. The van der Waals surface area contributed by atoms with E-state index < -0.39 is 21.8 Å². The van der Waals surface area contributed by atoms with E-state index in [1.165, 1.54) is 32.3 Å². The lowest BCUT2D eigenvalue weighted by molar-refractivity contribution is -0.139. The zero-order valence-electron chi connectivity index (χ0n) is 17.6. The van der Waals surface area contributed by atoms with Gasteiger partial charge in [0.2, 0.25) is 10.0 Å². The minimum atomic E-state index is -3.59. The highest BCUT2D eigenvalue weighted by atomic mass is 32.2. The molecule has 0 unspecified atom stereocenters. The van der Waals surface area contributed by atoms with Gasteiger partial charge >= 0.3 is 5.97 Å². The van der Waals surface area contributed by atoms with Gasteiger partial charge in [0.1, 0.15) is 18.2 Å². The first kappa shape index (κ1) is 22.6. The highest BCUT2D eigenvalue weighted by molar-refractivity contribution is 7.89. The van der Waals surface area contributed by atoms with Gasteiger partial charge in [0.05, 0.1) is 15.9 Å². The van der Waals surface area contributed by atoms with Gasteiger partial charge in [-0.3, -0.25) is 0 Å². The van der Waals surface area contributed by atoms with E-state index >= 15 is 0 Å². The zero-order valence-corrected chi connectivity index (χ0v) is 18.4. The van der Waals surface area contributed by atoms with Gasteiger partial charge in [-0.15, -0.1) is 0 Å². The Kier molecular flexibility index (Phi) is 6.87. The van der Waals surface area contributed by atoms with Crippen LogP contribution in [0, 0.1) is 5.82 Å². The number of nitrogens with zero attached hydrogens (tertiary/aromatic N) is 3.